The molecule has 0 bridgehead atoms. The number of alkyl halides is 2. The van der Waals surface area contributed by atoms with Crippen molar-refractivity contribution in [2.24, 2.45) is 5.73 Å². The van der Waals surface area contributed by atoms with E-state index < -0.39 is 12.0 Å². The van der Waals surface area contributed by atoms with Crippen LogP contribution in [0.15, 0.2) is 36.5 Å². The SMILES string of the molecule is CC(N)(Cc1cn(-c2ccccc2)nn1)C(F)F. The van der Waals surface area contributed by atoms with E-state index in [1.54, 1.807) is 6.20 Å². The van der Waals surface area contributed by atoms with Gasteiger partial charge in [-0.1, -0.05) is 23.4 Å². The van der Waals surface area contributed by atoms with Gasteiger partial charge in [-0.25, -0.2) is 13.5 Å². The second-order valence-corrected chi connectivity index (χ2v) is 4.47. The molecular formula is C12H14F2N4. The van der Waals surface area contributed by atoms with Crippen LogP contribution in [0, 0.1) is 0 Å². The Morgan fingerprint density at radius 1 is 1.33 bits per heavy atom. The second kappa shape index (κ2) is 4.81. The summed E-state index contributed by atoms with van der Waals surface area (Å²) < 4.78 is 26.8. The fraction of sp³-hybridized carbons (Fsp3) is 0.333. The molecule has 2 aromatic rings. The lowest BCUT2D eigenvalue weighted by Gasteiger charge is -2.21. The average Bonchev–Trinajstić information content (AvgIpc) is 2.78. The molecular weight excluding hydrogens is 238 g/mol. The summed E-state index contributed by atoms with van der Waals surface area (Å²) in [5.74, 6) is 0. The quantitative estimate of drug-likeness (QED) is 0.902. The van der Waals surface area contributed by atoms with Gasteiger partial charge in [0.25, 0.3) is 6.43 Å². The van der Waals surface area contributed by atoms with Crippen molar-refractivity contribution < 1.29 is 8.78 Å². The second-order valence-electron chi connectivity index (χ2n) is 4.47. The van der Waals surface area contributed by atoms with E-state index in [4.69, 9.17) is 5.73 Å². The lowest BCUT2D eigenvalue weighted by atomic mass is 9.98. The van der Waals surface area contributed by atoms with E-state index in [0.717, 1.165) is 5.69 Å². The first kappa shape index (κ1) is 12.6. The first-order chi connectivity index (χ1) is 8.49. The van der Waals surface area contributed by atoms with Crippen molar-refractivity contribution >= 4 is 0 Å². The number of hydrogen-bond acceptors (Lipinski definition) is 3. The highest BCUT2D eigenvalue weighted by molar-refractivity contribution is 5.30. The van der Waals surface area contributed by atoms with Gasteiger partial charge >= 0.3 is 0 Å². The zero-order chi connectivity index (χ0) is 13.2. The molecule has 0 aliphatic carbocycles. The van der Waals surface area contributed by atoms with Crippen LogP contribution in [-0.2, 0) is 6.42 Å². The van der Waals surface area contributed by atoms with E-state index >= 15 is 0 Å². The molecule has 0 saturated carbocycles. The molecule has 0 fully saturated rings. The number of benzene rings is 1. The highest BCUT2D eigenvalue weighted by atomic mass is 19.3. The smallest absolute Gasteiger partial charge is 0.256 e. The van der Waals surface area contributed by atoms with Gasteiger partial charge in [-0.05, 0) is 19.1 Å². The Labute approximate surface area is 103 Å². The molecule has 2 N–H and O–H groups in total. The minimum atomic E-state index is -2.60. The van der Waals surface area contributed by atoms with Crippen LogP contribution in [0.3, 0.4) is 0 Å². The van der Waals surface area contributed by atoms with Gasteiger partial charge in [0.05, 0.1) is 23.1 Å². The van der Waals surface area contributed by atoms with Gasteiger partial charge < -0.3 is 5.73 Å². The summed E-state index contributed by atoms with van der Waals surface area (Å²) in [4.78, 5) is 0. The van der Waals surface area contributed by atoms with Crippen molar-refractivity contribution in [1.82, 2.24) is 15.0 Å². The monoisotopic (exact) mass is 252 g/mol. The van der Waals surface area contributed by atoms with Crippen LogP contribution < -0.4 is 5.73 Å². The molecule has 1 atom stereocenters. The summed E-state index contributed by atoms with van der Waals surface area (Å²) in [6.07, 6.45) is -1.00. The van der Waals surface area contributed by atoms with E-state index in [9.17, 15) is 8.78 Å². The molecule has 0 radical (unpaired) electrons. The Morgan fingerprint density at radius 3 is 2.61 bits per heavy atom. The molecule has 1 unspecified atom stereocenters. The van der Waals surface area contributed by atoms with E-state index in [-0.39, 0.29) is 6.42 Å². The summed E-state index contributed by atoms with van der Waals surface area (Å²) >= 11 is 0. The van der Waals surface area contributed by atoms with Crippen LogP contribution in [0.2, 0.25) is 0 Å². The summed E-state index contributed by atoms with van der Waals surface area (Å²) in [6, 6.07) is 9.32. The lowest BCUT2D eigenvalue weighted by Crippen LogP contribution is -2.45. The molecule has 0 aliphatic rings. The number of nitrogens with two attached hydrogens (primary N) is 1. The normalized spacial score (nSPS) is 14.7. The third-order valence-electron chi connectivity index (χ3n) is 2.62. The fourth-order valence-corrected chi connectivity index (χ4v) is 1.55. The Bertz CT molecular complexity index is 508. The molecule has 1 aromatic heterocycles. The van der Waals surface area contributed by atoms with Crippen LogP contribution >= 0.6 is 0 Å². The standard InChI is InChI=1S/C12H14F2N4/c1-12(15,11(13)14)7-9-8-18(17-16-9)10-5-3-2-4-6-10/h2-6,8,11H,7,15H2,1H3. The van der Waals surface area contributed by atoms with Crippen LogP contribution in [0.4, 0.5) is 8.78 Å². The topological polar surface area (TPSA) is 56.7 Å². The number of hydrogen-bond donors (Lipinski definition) is 1. The zero-order valence-electron chi connectivity index (χ0n) is 9.92. The predicted octanol–water partition coefficient (Wildman–Crippen LogP) is 1.79. The molecule has 4 nitrogen and oxygen atoms in total. The predicted molar refractivity (Wildman–Crippen MR) is 63.7 cm³/mol. The minimum absolute atomic E-state index is 0.0164. The van der Waals surface area contributed by atoms with Crippen LogP contribution in [0.25, 0.3) is 5.69 Å². The van der Waals surface area contributed by atoms with E-state index in [1.807, 2.05) is 30.3 Å². The molecule has 96 valence electrons. The molecule has 0 spiro atoms. The van der Waals surface area contributed by atoms with Crippen LogP contribution in [0.1, 0.15) is 12.6 Å². The van der Waals surface area contributed by atoms with Crippen molar-refractivity contribution in [3.05, 3.63) is 42.2 Å². The van der Waals surface area contributed by atoms with Gasteiger partial charge in [0, 0.05) is 6.42 Å². The van der Waals surface area contributed by atoms with Crippen molar-refractivity contribution in [1.29, 1.82) is 0 Å². The summed E-state index contributed by atoms with van der Waals surface area (Å²) in [7, 11) is 0. The van der Waals surface area contributed by atoms with Gasteiger partial charge in [-0.15, -0.1) is 5.10 Å². The van der Waals surface area contributed by atoms with Crippen LogP contribution in [-0.4, -0.2) is 27.0 Å². The Hall–Kier alpha value is -1.82. The molecule has 18 heavy (non-hydrogen) atoms. The van der Waals surface area contributed by atoms with Gasteiger partial charge in [-0.3, -0.25) is 0 Å². The van der Waals surface area contributed by atoms with Crippen molar-refractivity contribution in [3.63, 3.8) is 0 Å². The van der Waals surface area contributed by atoms with Gasteiger partial charge in [0.15, 0.2) is 0 Å². The maximum Gasteiger partial charge on any atom is 0.256 e. The van der Waals surface area contributed by atoms with E-state index in [2.05, 4.69) is 10.3 Å². The molecule has 1 aromatic carbocycles. The number of nitrogens with zero attached hydrogens (tertiary/aromatic N) is 3. The molecule has 6 heteroatoms. The average molecular weight is 252 g/mol. The van der Waals surface area contributed by atoms with Crippen molar-refractivity contribution in [3.8, 4) is 5.69 Å². The van der Waals surface area contributed by atoms with Gasteiger partial charge in [0.2, 0.25) is 0 Å². The highest BCUT2D eigenvalue weighted by Gasteiger charge is 2.31. The van der Waals surface area contributed by atoms with E-state index in [1.165, 1.54) is 11.6 Å². The van der Waals surface area contributed by atoms with Gasteiger partial charge in [0.1, 0.15) is 0 Å². The molecule has 0 aliphatic heterocycles. The number of para-hydroxylation sites is 1. The number of aromatic nitrogens is 3. The molecule has 2 rings (SSSR count). The number of halogens is 2. The third-order valence-corrected chi connectivity index (χ3v) is 2.62. The fourth-order valence-electron chi connectivity index (χ4n) is 1.55. The Morgan fingerprint density at radius 2 is 2.00 bits per heavy atom. The minimum Gasteiger partial charge on any atom is -0.320 e. The lowest BCUT2D eigenvalue weighted by molar-refractivity contribution is 0.0634. The third kappa shape index (κ3) is 2.70. The molecule has 1 heterocycles. The summed E-state index contributed by atoms with van der Waals surface area (Å²) in [6.45, 7) is 1.30. The van der Waals surface area contributed by atoms with E-state index in [0.29, 0.717) is 5.69 Å². The maximum atomic E-state index is 12.6. The highest BCUT2D eigenvalue weighted by Crippen LogP contribution is 2.17. The Balaban J connectivity index is 2.17. The summed E-state index contributed by atoms with van der Waals surface area (Å²) in [5, 5.41) is 7.76. The number of rotatable bonds is 4. The first-order valence-corrected chi connectivity index (χ1v) is 5.53. The Kier molecular flexibility index (Phi) is 3.38. The largest absolute Gasteiger partial charge is 0.320 e. The van der Waals surface area contributed by atoms with Crippen molar-refractivity contribution in [2.45, 2.75) is 25.3 Å². The zero-order valence-corrected chi connectivity index (χ0v) is 9.92. The summed E-state index contributed by atoms with van der Waals surface area (Å²) in [5.41, 5.74) is 5.20. The first-order valence-electron chi connectivity index (χ1n) is 5.53. The van der Waals surface area contributed by atoms with Crippen molar-refractivity contribution in [2.75, 3.05) is 0 Å². The van der Waals surface area contributed by atoms with Crippen LogP contribution in [0.5, 0.6) is 0 Å². The van der Waals surface area contributed by atoms with Gasteiger partial charge in [-0.2, -0.15) is 0 Å². The molecule has 0 amide bonds. The maximum absolute atomic E-state index is 12.6. The molecule has 0 saturated heterocycles.